The van der Waals surface area contributed by atoms with E-state index >= 15 is 0 Å². The van der Waals surface area contributed by atoms with Gasteiger partial charge in [0.05, 0.1) is 24.1 Å². The van der Waals surface area contributed by atoms with E-state index in [-0.39, 0.29) is 5.60 Å². The van der Waals surface area contributed by atoms with Crippen molar-refractivity contribution in [3.8, 4) is 5.88 Å². The first-order valence-electron chi connectivity index (χ1n) is 8.54. The molecule has 0 aliphatic carbocycles. The third-order valence-corrected chi connectivity index (χ3v) is 6.65. The SMILES string of the molecule is Cc1cncc(OCCC2CCOC3(C2)CN(S(=O)(=O)N(C)C)C3)n1. The van der Waals surface area contributed by atoms with Gasteiger partial charge in [-0.1, -0.05) is 0 Å². The van der Waals surface area contributed by atoms with Crippen molar-refractivity contribution in [2.75, 3.05) is 40.4 Å². The molecule has 3 rings (SSSR count). The molecule has 0 radical (unpaired) electrons. The monoisotopic (exact) mass is 370 g/mol. The van der Waals surface area contributed by atoms with E-state index in [4.69, 9.17) is 9.47 Å². The molecule has 140 valence electrons. The molecule has 2 saturated heterocycles. The number of ether oxygens (including phenoxy) is 2. The Morgan fingerprint density at radius 1 is 1.40 bits per heavy atom. The van der Waals surface area contributed by atoms with Gasteiger partial charge in [-0.2, -0.15) is 17.0 Å². The Morgan fingerprint density at radius 3 is 2.84 bits per heavy atom. The van der Waals surface area contributed by atoms with E-state index in [1.54, 1.807) is 26.5 Å². The Labute approximate surface area is 149 Å². The van der Waals surface area contributed by atoms with Crippen LogP contribution in [0.25, 0.3) is 0 Å². The predicted molar refractivity (Wildman–Crippen MR) is 92.5 cm³/mol. The lowest BCUT2D eigenvalue weighted by atomic mass is 9.80. The summed E-state index contributed by atoms with van der Waals surface area (Å²) in [4.78, 5) is 8.34. The molecule has 1 aromatic heterocycles. The lowest BCUT2D eigenvalue weighted by Gasteiger charge is -2.52. The Morgan fingerprint density at radius 2 is 2.16 bits per heavy atom. The second kappa shape index (κ2) is 7.14. The molecule has 1 aromatic rings. The zero-order valence-corrected chi connectivity index (χ0v) is 15.8. The third-order valence-electron chi connectivity index (χ3n) is 4.82. The van der Waals surface area contributed by atoms with Gasteiger partial charge in [-0.3, -0.25) is 4.98 Å². The quantitative estimate of drug-likeness (QED) is 0.738. The molecule has 8 nitrogen and oxygen atoms in total. The van der Waals surface area contributed by atoms with E-state index in [0.29, 0.717) is 38.1 Å². The highest BCUT2D eigenvalue weighted by Gasteiger charge is 2.51. The molecule has 1 atom stereocenters. The van der Waals surface area contributed by atoms with E-state index in [9.17, 15) is 8.42 Å². The van der Waals surface area contributed by atoms with Gasteiger partial charge < -0.3 is 9.47 Å². The summed E-state index contributed by atoms with van der Waals surface area (Å²) in [6, 6.07) is 0. The Balaban J connectivity index is 1.48. The maximum Gasteiger partial charge on any atom is 0.281 e. The third kappa shape index (κ3) is 4.11. The highest BCUT2D eigenvalue weighted by molar-refractivity contribution is 7.86. The van der Waals surface area contributed by atoms with Gasteiger partial charge >= 0.3 is 0 Å². The van der Waals surface area contributed by atoms with Crippen LogP contribution >= 0.6 is 0 Å². The highest BCUT2D eigenvalue weighted by Crippen LogP contribution is 2.39. The molecule has 2 aliphatic rings. The van der Waals surface area contributed by atoms with E-state index < -0.39 is 10.2 Å². The van der Waals surface area contributed by atoms with Crippen LogP contribution in [0, 0.1) is 12.8 Å². The number of hydrogen-bond acceptors (Lipinski definition) is 6. The van der Waals surface area contributed by atoms with Crippen molar-refractivity contribution >= 4 is 10.2 Å². The summed E-state index contributed by atoms with van der Waals surface area (Å²) in [7, 11) is -0.239. The minimum Gasteiger partial charge on any atom is -0.477 e. The van der Waals surface area contributed by atoms with Gasteiger partial charge in [0, 0.05) is 40.0 Å². The molecule has 2 aliphatic heterocycles. The van der Waals surface area contributed by atoms with Crippen LogP contribution in [-0.2, 0) is 14.9 Å². The average molecular weight is 370 g/mol. The summed E-state index contributed by atoms with van der Waals surface area (Å²) >= 11 is 0. The standard InChI is InChI=1S/C16H26N4O4S/c1-13-9-17-10-15(18-13)23-6-4-14-5-7-24-16(8-14)11-20(12-16)25(21,22)19(2)3/h9-10,14H,4-8,11-12H2,1-3H3. The number of aryl methyl sites for hydroxylation is 1. The maximum absolute atomic E-state index is 12.1. The van der Waals surface area contributed by atoms with Crippen molar-refractivity contribution in [2.24, 2.45) is 5.92 Å². The molecule has 1 spiro atoms. The van der Waals surface area contributed by atoms with Crippen LogP contribution in [0.4, 0.5) is 0 Å². The van der Waals surface area contributed by atoms with Crippen molar-refractivity contribution in [3.05, 3.63) is 18.1 Å². The minimum atomic E-state index is -3.34. The van der Waals surface area contributed by atoms with Crippen LogP contribution in [0.3, 0.4) is 0 Å². The molecule has 0 N–H and O–H groups in total. The molecule has 2 fully saturated rings. The number of nitrogens with zero attached hydrogens (tertiary/aromatic N) is 4. The zero-order valence-electron chi connectivity index (χ0n) is 15.0. The fourth-order valence-corrected chi connectivity index (χ4v) is 4.69. The summed E-state index contributed by atoms with van der Waals surface area (Å²) in [5.74, 6) is 1.02. The van der Waals surface area contributed by atoms with Crippen LogP contribution in [0.1, 0.15) is 25.0 Å². The average Bonchev–Trinajstić information content (AvgIpc) is 2.52. The molecule has 9 heteroatoms. The van der Waals surface area contributed by atoms with Crippen LogP contribution in [0.5, 0.6) is 5.88 Å². The van der Waals surface area contributed by atoms with Gasteiger partial charge in [0.25, 0.3) is 10.2 Å². The largest absolute Gasteiger partial charge is 0.477 e. The first-order chi connectivity index (χ1) is 11.8. The van der Waals surface area contributed by atoms with E-state index in [1.807, 2.05) is 6.92 Å². The van der Waals surface area contributed by atoms with E-state index in [2.05, 4.69) is 9.97 Å². The van der Waals surface area contributed by atoms with Crippen LogP contribution in [0.15, 0.2) is 12.4 Å². The summed E-state index contributed by atoms with van der Waals surface area (Å²) in [5.41, 5.74) is 0.508. The zero-order chi connectivity index (χ0) is 18.1. The first-order valence-corrected chi connectivity index (χ1v) is 9.93. The smallest absolute Gasteiger partial charge is 0.281 e. The van der Waals surface area contributed by atoms with Crippen molar-refractivity contribution in [1.82, 2.24) is 18.6 Å². The molecule has 1 unspecified atom stereocenters. The number of aromatic nitrogens is 2. The topological polar surface area (TPSA) is 84.9 Å². The van der Waals surface area contributed by atoms with Gasteiger partial charge in [-0.25, -0.2) is 4.98 Å². The van der Waals surface area contributed by atoms with Crippen molar-refractivity contribution in [1.29, 1.82) is 0 Å². The number of rotatable bonds is 6. The molecule has 3 heterocycles. The lowest BCUT2D eigenvalue weighted by molar-refractivity contribution is -0.157. The van der Waals surface area contributed by atoms with Gasteiger partial charge in [0.15, 0.2) is 0 Å². The molecule has 0 bridgehead atoms. The highest BCUT2D eigenvalue weighted by atomic mass is 32.2. The van der Waals surface area contributed by atoms with Gasteiger partial charge in [0.1, 0.15) is 0 Å². The summed E-state index contributed by atoms with van der Waals surface area (Å²) in [5, 5.41) is 0. The Hall–Kier alpha value is -1.29. The fourth-order valence-electron chi connectivity index (χ4n) is 3.43. The number of hydrogen-bond donors (Lipinski definition) is 0. The van der Waals surface area contributed by atoms with Crippen LogP contribution < -0.4 is 4.74 Å². The molecule has 0 aromatic carbocycles. The second-order valence-corrected chi connectivity index (χ2v) is 9.23. The molecule has 0 amide bonds. The fraction of sp³-hybridized carbons (Fsp3) is 0.750. The minimum absolute atomic E-state index is 0.324. The van der Waals surface area contributed by atoms with Crippen molar-refractivity contribution in [2.45, 2.75) is 31.8 Å². The van der Waals surface area contributed by atoms with Gasteiger partial charge in [-0.15, -0.1) is 0 Å². The van der Waals surface area contributed by atoms with Crippen LogP contribution in [-0.4, -0.2) is 73.0 Å². The molecular weight excluding hydrogens is 344 g/mol. The summed E-state index contributed by atoms with van der Waals surface area (Å²) in [6.07, 6.45) is 6.06. The molecular formula is C16H26N4O4S. The molecule has 25 heavy (non-hydrogen) atoms. The summed E-state index contributed by atoms with van der Waals surface area (Å²) in [6.45, 7) is 4.01. The first kappa shape index (κ1) is 18.5. The van der Waals surface area contributed by atoms with E-state index in [1.165, 1.54) is 8.61 Å². The van der Waals surface area contributed by atoms with E-state index in [0.717, 1.165) is 25.0 Å². The van der Waals surface area contributed by atoms with Gasteiger partial charge in [0.2, 0.25) is 5.88 Å². The Kier molecular flexibility index (Phi) is 5.29. The lowest BCUT2D eigenvalue weighted by Crippen LogP contribution is -2.67. The van der Waals surface area contributed by atoms with Crippen LogP contribution in [0.2, 0.25) is 0 Å². The van der Waals surface area contributed by atoms with Gasteiger partial charge in [-0.05, 0) is 32.1 Å². The normalized spacial score (nSPS) is 23.6. The second-order valence-electron chi connectivity index (χ2n) is 7.08. The Bertz CT molecular complexity index is 704. The van der Waals surface area contributed by atoms with Crippen molar-refractivity contribution in [3.63, 3.8) is 0 Å². The van der Waals surface area contributed by atoms with Crippen molar-refractivity contribution < 1.29 is 17.9 Å². The maximum atomic E-state index is 12.1. The summed E-state index contributed by atoms with van der Waals surface area (Å²) < 4.78 is 38.6. The predicted octanol–water partition coefficient (Wildman–Crippen LogP) is 0.841. The molecule has 0 saturated carbocycles.